The van der Waals surface area contributed by atoms with Crippen molar-refractivity contribution in [2.75, 3.05) is 24.5 Å². The molecule has 0 saturated carbocycles. The van der Waals surface area contributed by atoms with E-state index in [9.17, 15) is 4.79 Å². The van der Waals surface area contributed by atoms with Crippen LogP contribution in [0, 0.1) is 5.92 Å². The summed E-state index contributed by atoms with van der Waals surface area (Å²) < 4.78 is 0. The van der Waals surface area contributed by atoms with Gasteiger partial charge in [0.1, 0.15) is 5.82 Å². The number of carbonyl (C=O) groups excluding carboxylic acids is 1. The van der Waals surface area contributed by atoms with Crippen LogP contribution >= 0.6 is 0 Å². The van der Waals surface area contributed by atoms with Crippen molar-refractivity contribution >= 4 is 11.7 Å². The number of carbonyl (C=O) groups is 1. The van der Waals surface area contributed by atoms with Gasteiger partial charge in [-0.05, 0) is 56.2 Å². The smallest absolute Gasteiger partial charge is 0.252 e. The number of nitrogens with two attached hydrogens (primary N) is 2. The highest BCUT2D eigenvalue weighted by Crippen LogP contribution is 2.29. The van der Waals surface area contributed by atoms with E-state index in [4.69, 9.17) is 16.5 Å². The molecule has 5 nitrogen and oxygen atoms in total. The standard InChI is InChI=1S/C15H22N4O/c16-8-10-5-6-19(9-10)15-12(14(17)20)7-11-3-1-2-4-13(11)18-15/h7,10H,1-6,8-9,16H2,(H2,17,20). The number of fused-ring (bicyclic) bond motifs is 1. The number of aryl methyl sites for hydroxylation is 2. The SMILES string of the molecule is NCC1CCN(c2nc3c(cc2C(N)=O)CCCC3)C1. The van der Waals surface area contributed by atoms with Crippen molar-refractivity contribution in [1.82, 2.24) is 4.98 Å². The molecule has 5 heteroatoms. The van der Waals surface area contributed by atoms with Crippen LogP contribution < -0.4 is 16.4 Å². The number of amides is 1. The minimum atomic E-state index is -0.378. The largest absolute Gasteiger partial charge is 0.365 e. The van der Waals surface area contributed by atoms with E-state index in [1.165, 1.54) is 18.4 Å². The minimum Gasteiger partial charge on any atom is -0.365 e. The second-order valence-corrected chi connectivity index (χ2v) is 5.87. The van der Waals surface area contributed by atoms with Crippen LogP contribution in [-0.2, 0) is 12.8 Å². The number of rotatable bonds is 3. The van der Waals surface area contributed by atoms with Crippen LogP contribution in [0.25, 0.3) is 0 Å². The predicted molar refractivity (Wildman–Crippen MR) is 78.8 cm³/mol. The van der Waals surface area contributed by atoms with Crippen molar-refractivity contribution < 1.29 is 4.79 Å². The fraction of sp³-hybridized carbons (Fsp3) is 0.600. The molecule has 1 aromatic heterocycles. The summed E-state index contributed by atoms with van der Waals surface area (Å²) in [6, 6.07) is 1.97. The average molecular weight is 274 g/mol. The van der Waals surface area contributed by atoms with E-state index in [0.717, 1.165) is 43.9 Å². The van der Waals surface area contributed by atoms with E-state index < -0.39 is 0 Å². The van der Waals surface area contributed by atoms with Gasteiger partial charge in [-0.1, -0.05) is 0 Å². The van der Waals surface area contributed by atoms with Gasteiger partial charge in [-0.15, -0.1) is 0 Å². The first-order valence-electron chi connectivity index (χ1n) is 7.46. The Labute approximate surface area is 119 Å². The van der Waals surface area contributed by atoms with E-state index in [1.807, 2.05) is 6.07 Å². The molecule has 1 unspecified atom stereocenters. The molecule has 4 N–H and O–H groups in total. The van der Waals surface area contributed by atoms with Crippen LogP contribution in [-0.4, -0.2) is 30.5 Å². The van der Waals surface area contributed by atoms with Crippen molar-refractivity contribution in [3.8, 4) is 0 Å². The van der Waals surface area contributed by atoms with Gasteiger partial charge < -0.3 is 16.4 Å². The summed E-state index contributed by atoms with van der Waals surface area (Å²) in [6.07, 6.45) is 5.43. The fourth-order valence-electron chi connectivity index (χ4n) is 3.26. The van der Waals surface area contributed by atoms with Gasteiger partial charge in [-0.25, -0.2) is 4.98 Å². The van der Waals surface area contributed by atoms with E-state index >= 15 is 0 Å². The molecule has 0 spiro atoms. The molecule has 1 amide bonds. The summed E-state index contributed by atoms with van der Waals surface area (Å²) in [7, 11) is 0. The Balaban J connectivity index is 1.98. The molecular weight excluding hydrogens is 252 g/mol. The molecule has 2 aliphatic rings. The Morgan fingerprint density at radius 2 is 2.20 bits per heavy atom. The van der Waals surface area contributed by atoms with Crippen molar-refractivity contribution in [2.45, 2.75) is 32.1 Å². The Morgan fingerprint density at radius 3 is 2.90 bits per heavy atom. The van der Waals surface area contributed by atoms with E-state index in [2.05, 4.69) is 4.90 Å². The van der Waals surface area contributed by atoms with Crippen LogP contribution in [0.4, 0.5) is 5.82 Å². The van der Waals surface area contributed by atoms with Gasteiger partial charge in [0.05, 0.1) is 5.56 Å². The molecule has 108 valence electrons. The number of aromatic nitrogens is 1. The van der Waals surface area contributed by atoms with Crippen LogP contribution in [0.3, 0.4) is 0 Å². The molecule has 1 aromatic rings. The fourth-order valence-corrected chi connectivity index (χ4v) is 3.26. The van der Waals surface area contributed by atoms with Crippen molar-refractivity contribution in [3.05, 3.63) is 22.9 Å². The molecule has 1 saturated heterocycles. The number of pyridine rings is 1. The first-order chi connectivity index (χ1) is 9.69. The van der Waals surface area contributed by atoms with Crippen molar-refractivity contribution in [3.63, 3.8) is 0 Å². The van der Waals surface area contributed by atoms with E-state index in [1.54, 1.807) is 0 Å². The third-order valence-electron chi connectivity index (χ3n) is 4.46. The maximum absolute atomic E-state index is 11.7. The lowest BCUT2D eigenvalue weighted by atomic mass is 9.94. The normalized spacial score (nSPS) is 21.9. The van der Waals surface area contributed by atoms with Crippen LogP contribution in [0.1, 0.15) is 40.9 Å². The van der Waals surface area contributed by atoms with Crippen LogP contribution in [0.2, 0.25) is 0 Å². The summed E-state index contributed by atoms with van der Waals surface area (Å²) >= 11 is 0. The maximum atomic E-state index is 11.7. The van der Waals surface area contributed by atoms with Crippen molar-refractivity contribution in [1.29, 1.82) is 0 Å². The quantitative estimate of drug-likeness (QED) is 0.855. The lowest BCUT2D eigenvalue weighted by Gasteiger charge is -2.23. The average Bonchev–Trinajstić information content (AvgIpc) is 2.94. The van der Waals surface area contributed by atoms with Crippen molar-refractivity contribution in [2.24, 2.45) is 17.4 Å². The summed E-state index contributed by atoms with van der Waals surface area (Å²) in [5, 5.41) is 0. The molecule has 1 fully saturated rings. The lowest BCUT2D eigenvalue weighted by molar-refractivity contribution is 0.100. The zero-order chi connectivity index (χ0) is 14.1. The van der Waals surface area contributed by atoms with Gasteiger partial charge in [-0.2, -0.15) is 0 Å². The molecule has 1 aliphatic carbocycles. The Morgan fingerprint density at radius 1 is 1.40 bits per heavy atom. The monoisotopic (exact) mass is 274 g/mol. The third-order valence-corrected chi connectivity index (χ3v) is 4.46. The number of primary amides is 1. The van der Waals surface area contributed by atoms with Gasteiger partial charge in [0.25, 0.3) is 5.91 Å². The highest BCUT2D eigenvalue weighted by atomic mass is 16.1. The summed E-state index contributed by atoms with van der Waals surface area (Å²) in [4.78, 5) is 18.7. The third kappa shape index (κ3) is 2.38. The number of hydrogen-bond acceptors (Lipinski definition) is 4. The first-order valence-corrected chi connectivity index (χ1v) is 7.46. The van der Waals surface area contributed by atoms with E-state index in [-0.39, 0.29) is 5.91 Å². The lowest BCUT2D eigenvalue weighted by Crippen LogP contribution is -2.28. The van der Waals surface area contributed by atoms with Crippen LogP contribution in [0.15, 0.2) is 6.07 Å². The zero-order valence-corrected chi connectivity index (χ0v) is 11.8. The Bertz CT molecular complexity index is 529. The highest BCUT2D eigenvalue weighted by Gasteiger charge is 2.27. The number of anilines is 1. The summed E-state index contributed by atoms with van der Waals surface area (Å²) in [6.45, 7) is 2.48. The predicted octanol–water partition coefficient (Wildman–Crippen LogP) is 0.844. The molecule has 20 heavy (non-hydrogen) atoms. The minimum absolute atomic E-state index is 0.378. The molecule has 1 aliphatic heterocycles. The van der Waals surface area contributed by atoms with Crippen LogP contribution in [0.5, 0.6) is 0 Å². The number of nitrogens with zero attached hydrogens (tertiary/aromatic N) is 2. The van der Waals surface area contributed by atoms with Gasteiger partial charge >= 0.3 is 0 Å². The molecule has 1 atom stereocenters. The molecule has 3 rings (SSSR count). The number of hydrogen-bond donors (Lipinski definition) is 2. The molecule has 2 heterocycles. The van der Waals surface area contributed by atoms with Gasteiger partial charge in [0.2, 0.25) is 0 Å². The summed E-state index contributed by atoms with van der Waals surface area (Å²) in [5.74, 6) is 0.889. The molecule has 0 aromatic carbocycles. The van der Waals surface area contributed by atoms with Gasteiger partial charge in [0, 0.05) is 18.8 Å². The molecular formula is C15H22N4O. The Kier molecular flexibility index (Phi) is 3.61. The van der Waals surface area contributed by atoms with E-state index in [0.29, 0.717) is 18.0 Å². The first kappa shape index (κ1) is 13.4. The van der Waals surface area contributed by atoms with Gasteiger partial charge in [0.15, 0.2) is 0 Å². The second-order valence-electron chi connectivity index (χ2n) is 5.87. The summed E-state index contributed by atoms with van der Waals surface area (Å²) in [5.41, 5.74) is 14.2. The molecule has 0 radical (unpaired) electrons. The highest BCUT2D eigenvalue weighted by molar-refractivity contribution is 5.98. The second kappa shape index (κ2) is 5.40. The molecule has 0 bridgehead atoms. The van der Waals surface area contributed by atoms with Gasteiger partial charge in [-0.3, -0.25) is 4.79 Å². The topological polar surface area (TPSA) is 85.2 Å². The maximum Gasteiger partial charge on any atom is 0.252 e. The zero-order valence-electron chi connectivity index (χ0n) is 11.8. The Hall–Kier alpha value is -1.62.